The third-order valence-corrected chi connectivity index (χ3v) is 4.70. The van der Waals surface area contributed by atoms with Crippen molar-refractivity contribution in [3.8, 4) is 0 Å². The second-order valence-corrected chi connectivity index (χ2v) is 6.64. The Morgan fingerprint density at radius 1 is 1.14 bits per heavy atom. The van der Waals surface area contributed by atoms with E-state index in [2.05, 4.69) is 61.3 Å². The van der Waals surface area contributed by atoms with Crippen molar-refractivity contribution in [2.45, 2.75) is 71.0 Å². The van der Waals surface area contributed by atoms with Gasteiger partial charge in [0.15, 0.2) is 0 Å². The lowest BCUT2D eigenvalue weighted by Gasteiger charge is -2.37. The summed E-state index contributed by atoms with van der Waals surface area (Å²) >= 11 is 0. The van der Waals surface area contributed by atoms with Gasteiger partial charge in [-0.05, 0) is 31.4 Å². The van der Waals surface area contributed by atoms with Crippen molar-refractivity contribution >= 4 is 0 Å². The predicted molar refractivity (Wildman–Crippen MR) is 91.6 cm³/mol. The molecule has 0 aromatic heterocycles. The van der Waals surface area contributed by atoms with E-state index in [0.717, 1.165) is 12.6 Å². The van der Waals surface area contributed by atoms with E-state index in [4.69, 9.17) is 0 Å². The highest BCUT2D eigenvalue weighted by molar-refractivity contribution is 5.20. The van der Waals surface area contributed by atoms with Crippen LogP contribution in [0.15, 0.2) is 30.3 Å². The summed E-state index contributed by atoms with van der Waals surface area (Å²) in [5.41, 5.74) is 1.46. The summed E-state index contributed by atoms with van der Waals surface area (Å²) in [4.78, 5) is 2.78. The van der Waals surface area contributed by atoms with E-state index in [1.54, 1.807) is 0 Å². The average molecular weight is 288 g/mol. The molecule has 1 saturated heterocycles. The molecule has 2 rings (SSSR count). The normalized spacial score (nSPS) is 22.2. The largest absolute Gasteiger partial charge is 0.313 e. The molecular formula is C19H32N2. The van der Waals surface area contributed by atoms with E-state index < -0.39 is 0 Å². The third-order valence-electron chi connectivity index (χ3n) is 4.70. The SMILES string of the molecule is CCC1CCCCCN1C(CNC(C)C)c1ccccc1. The van der Waals surface area contributed by atoms with E-state index in [1.165, 1.54) is 44.2 Å². The number of likely N-dealkylation sites (tertiary alicyclic amines) is 1. The average Bonchev–Trinajstić information content (AvgIpc) is 2.74. The van der Waals surface area contributed by atoms with E-state index in [1.807, 2.05) is 0 Å². The Bertz CT molecular complexity index is 388. The van der Waals surface area contributed by atoms with Crippen molar-refractivity contribution in [3.63, 3.8) is 0 Å². The summed E-state index contributed by atoms with van der Waals surface area (Å²) in [5.74, 6) is 0. The Balaban J connectivity index is 2.19. The zero-order valence-electron chi connectivity index (χ0n) is 14.0. The van der Waals surface area contributed by atoms with Gasteiger partial charge in [-0.15, -0.1) is 0 Å². The second kappa shape index (κ2) is 8.55. The van der Waals surface area contributed by atoms with Crippen LogP contribution in [0, 0.1) is 0 Å². The number of hydrogen-bond donors (Lipinski definition) is 1. The van der Waals surface area contributed by atoms with Crippen LogP contribution in [0.3, 0.4) is 0 Å². The molecule has 1 aromatic rings. The van der Waals surface area contributed by atoms with Gasteiger partial charge in [0.25, 0.3) is 0 Å². The van der Waals surface area contributed by atoms with Crippen LogP contribution in [0.1, 0.15) is 64.5 Å². The van der Waals surface area contributed by atoms with Crippen LogP contribution in [0.5, 0.6) is 0 Å². The third kappa shape index (κ3) is 4.82. The molecule has 21 heavy (non-hydrogen) atoms. The van der Waals surface area contributed by atoms with Gasteiger partial charge < -0.3 is 5.32 Å². The monoisotopic (exact) mass is 288 g/mol. The first-order valence-electron chi connectivity index (χ1n) is 8.76. The molecule has 0 bridgehead atoms. The summed E-state index contributed by atoms with van der Waals surface area (Å²) in [6.07, 6.45) is 6.77. The first-order chi connectivity index (χ1) is 10.2. The summed E-state index contributed by atoms with van der Waals surface area (Å²) in [6.45, 7) is 9.13. The summed E-state index contributed by atoms with van der Waals surface area (Å²) in [5, 5.41) is 3.66. The van der Waals surface area contributed by atoms with Crippen LogP contribution in [0.25, 0.3) is 0 Å². The van der Waals surface area contributed by atoms with Crippen LogP contribution in [-0.2, 0) is 0 Å². The van der Waals surface area contributed by atoms with Gasteiger partial charge in [0.2, 0.25) is 0 Å². The Morgan fingerprint density at radius 3 is 2.57 bits per heavy atom. The van der Waals surface area contributed by atoms with Crippen LogP contribution in [0.2, 0.25) is 0 Å². The van der Waals surface area contributed by atoms with E-state index in [-0.39, 0.29) is 0 Å². The first-order valence-corrected chi connectivity index (χ1v) is 8.76. The number of nitrogens with zero attached hydrogens (tertiary/aromatic N) is 1. The number of nitrogens with one attached hydrogen (secondary N) is 1. The van der Waals surface area contributed by atoms with E-state index in [0.29, 0.717) is 12.1 Å². The number of rotatable bonds is 6. The van der Waals surface area contributed by atoms with Crippen molar-refractivity contribution in [3.05, 3.63) is 35.9 Å². The standard InChI is InChI=1S/C19H32N2/c1-4-18-13-9-6-10-14-21(18)19(15-20-16(2)3)17-11-7-5-8-12-17/h5,7-8,11-12,16,18-20H,4,6,9-10,13-15H2,1-3H3. The summed E-state index contributed by atoms with van der Waals surface area (Å²) in [7, 11) is 0. The number of hydrogen-bond acceptors (Lipinski definition) is 2. The molecule has 1 fully saturated rings. The molecule has 0 saturated carbocycles. The molecule has 2 heteroatoms. The van der Waals surface area contributed by atoms with Gasteiger partial charge in [0.1, 0.15) is 0 Å². The van der Waals surface area contributed by atoms with Gasteiger partial charge >= 0.3 is 0 Å². The topological polar surface area (TPSA) is 15.3 Å². The molecule has 0 radical (unpaired) electrons. The Kier molecular flexibility index (Phi) is 6.72. The smallest absolute Gasteiger partial charge is 0.0475 e. The Morgan fingerprint density at radius 2 is 1.90 bits per heavy atom. The van der Waals surface area contributed by atoms with E-state index >= 15 is 0 Å². The fourth-order valence-corrected chi connectivity index (χ4v) is 3.50. The van der Waals surface area contributed by atoms with Crippen molar-refractivity contribution in [2.24, 2.45) is 0 Å². The van der Waals surface area contributed by atoms with Crippen LogP contribution >= 0.6 is 0 Å². The Hall–Kier alpha value is -0.860. The minimum Gasteiger partial charge on any atom is -0.313 e. The highest BCUT2D eigenvalue weighted by atomic mass is 15.2. The maximum atomic E-state index is 3.66. The van der Waals surface area contributed by atoms with Crippen molar-refractivity contribution in [1.29, 1.82) is 0 Å². The van der Waals surface area contributed by atoms with Gasteiger partial charge in [-0.3, -0.25) is 4.90 Å². The van der Waals surface area contributed by atoms with Crippen molar-refractivity contribution in [1.82, 2.24) is 10.2 Å². The lowest BCUT2D eigenvalue weighted by Crippen LogP contribution is -2.43. The van der Waals surface area contributed by atoms with Gasteiger partial charge in [-0.25, -0.2) is 0 Å². The fourth-order valence-electron chi connectivity index (χ4n) is 3.50. The van der Waals surface area contributed by atoms with Gasteiger partial charge in [-0.2, -0.15) is 0 Å². The zero-order chi connectivity index (χ0) is 15.1. The first kappa shape index (κ1) is 16.5. The molecule has 2 unspecified atom stereocenters. The molecule has 2 atom stereocenters. The minimum atomic E-state index is 0.511. The maximum absolute atomic E-state index is 3.66. The lowest BCUT2D eigenvalue weighted by atomic mass is 10.00. The van der Waals surface area contributed by atoms with Gasteiger partial charge in [0.05, 0.1) is 0 Å². The molecule has 1 aromatic carbocycles. The Labute approximate surface area is 130 Å². The van der Waals surface area contributed by atoms with Crippen LogP contribution < -0.4 is 5.32 Å². The number of benzene rings is 1. The summed E-state index contributed by atoms with van der Waals surface area (Å²) in [6, 6.07) is 12.9. The molecule has 118 valence electrons. The van der Waals surface area contributed by atoms with Gasteiger partial charge in [-0.1, -0.05) is 63.9 Å². The molecule has 1 aliphatic heterocycles. The van der Waals surface area contributed by atoms with Gasteiger partial charge in [0, 0.05) is 24.7 Å². The quantitative estimate of drug-likeness (QED) is 0.835. The molecule has 0 aliphatic carbocycles. The minimum absolute atomic E-state index is 0.511. The molecular weight excluding hydrogens is 256 g/mol. The highest BCUT2D eigenvalue weighted by Gasteiger charge is 2.27. The molecule has 0 spiro atoms. The lowest BCUT2D eigenvalue weighted by molar-refractivity contribution is 0.128. The molecule has 1 N–H and O–H groups in total. The highest BCUT2D eigenvalue weighted by Crippen LogP contribution is 2.29. The predicted octanol–water partition coefficient (Wildman–Crippen LogP) is 4.38. The van der Waals surface area contributed by atoms with Crippen LogP contribution in [0.4, 0.5) is 0 Å². The second-order valence-electron chi connectivity index (χ2n) is 6.64. The van der Waals surface area contributed by atoms with Crippen molar-refractivity contribution in [2.75, 3.05) is 13.1 Å². The summed E-state index contributed by atoms with van der Waals surface area (Å²) < 4.78 is 0. The fraction of sp³-hybridized carbons (Fsp3) is 0.684. The molecule has 1 aliphatic rings. The molecule has 2 nitrogen and oxygen atoms in total. The molecule has 1 heterocycles. The molecule has 0 amide bonds. The maximum Gasteiger partial charge on any atom is 0.0475 e. The van der Waals surface area contributed by atoms with E-state index in [9.17, 15) is 0 Å². The zero-order valence-corrected chi connectivity index (χ0v) is 14.0. The van der Waals surface area contributed by atoms with Crippen LogP contribution in [-0.4, -0.2) is 30.1 Å². The van der Waals surface area contributed by atoms with Crippen molar-refractivity contribution < 1.29 is 0 Å².